The number of amides is 5. The Kier molecular flexibility index (Phi) is 35.7. The maximum Gasteiger partial charge on any atom is 0.237 e. The summed E-state index contributed by atoms with van der Waals surface area (Å²) >= 11 is 0. The zero-order valence-corrected chi connectivity index (χ0v) is 45.1. The number of hydrogen-bond acceptors (Lipinski definition) is 15. The molecular weight excluding hydrogens is 959 g/mol. The predicted octanol–water partition coefficient (Wildman–Crippen LogP) is 3.57. The number of benzene rings is 2. The molecular formula is C55H85N11O9. The fraction of sp³-hybridized carbons (Fsp3) is 0.509. The number of aromatic nitrogens is 1. The van der Waals surface area contributed by atoms with Crippen molar-refractivity contribution in [3.8, 4) is 0 Å². The average molecular weight is 1040 g/mol. The summed E-state index contributed by atoms with van der Waals surface area (Å²) in [5, 5.41) is 17.3. The van der Waals surface area contributed by atoms with E-state index in [0.29, 0.717) is 37.2 Å². The first-order valence-corrected chi connectivity index (χ1v) is 25.9. The number of hydrogen-bond donors (Lipinski definition) is 8. The van der Waals surface area contributed by atoms with E-state index < -0.39 is 41.6 Å². The highest BCUT2D eigenvalue weighted by Crippen LogP contribution is 2.10. The summed E-state index contributed by atoms with van der Waals surface area (Å²) in [4.78, 5) is 108. The van der Waals surface area contributed by atoms with Crippen LogP contribution >= 0.6 is 0 Å². The molecule has 75 heavy (non-hydrogen) atoms. The SMILES string of the molecule is CCN(CC)CCCC[C@H](NC(=O)CCC(=O)[C@H](C)NC(=O)CCC(=O)c1cccnc1)C(=O)CCC(=O)NCCC(=O)N(CC(N)=O)CC1=CN(CCCN)NN1.CCO.Cc1ccccc1.Cc1ccccc1. The van der Waals surface area contributed by atoms with Gasteiger partial charge in [0.1, 0.15) is 0 Å². The number of pyridine rings is 1. The van der Waals surface area contributed by atoms with Gasteiger partial charge >= 0.3 is 0 Å². The van der Waals surface area contributed by atoms with E-state index >= 15 is 0 Å². The molecule has 20 nitrogen and oxygen atoms in total. The van der Waals surface area contributed by atoms with Gasteiger partial charge in [0, 0.05) is 88.8 Å². The Morgan fingerprint density at radius 2 is 1.32 bits per heavy atom. The summed E-state index contributed by atoms with van der Waals surface area (Å²) in [5.41, 5.74) is 20.5. The fourth-order valence-electron chi connectivity index (χ4n) is 7.07. The van der Waals surface area contributed by atoms with Crippen molar-refractivity contribution in [2.24, 2.45) is 11.5 Å². The molecule has 0 saturated heterocycles. The number of nitrogens with zero attached hydrogens (tertiary/aromatic N) is 4. The van der Waals surface area contributed by atoms with Crippen molar-refractivity contribution < 1.29 is 43.5 Å². The summed E-state index contributed by atoms with van der Waals surface area (Å²) in [6.07, 6.45) is 6.26. The molecule has 0 bridgehead atoms. The lowest BCUT2D eigenvalue weighted by Gasteiger charge is -2.21. The highest BCUT2D eigenvalue weighted by atomic mass is 16.2. The van der Waals surface area contributed by atoms with Crippen molar-refractivity contribution >= 4 is 46.9 Å². The molecule has 0 saturated carbocycles. The van der Waals surface area contributed by atoms with Crippen LogP contribution < -0.4 is 38.4 Å². The van der Waals surface area contributed by atoms with Crippen LogP contribution in [0.5, 0.6) is 0 Å². The zero-order chi connectivity index (χ0) is 55.8. The van der Waals surface area contributed by atoms with Crippen molar-refractivity contribution in [3.05, 3.63) is 114 Å². The molecule has 1 aliphatic rings. The van der Waals surface area contributed by atoms with Crippen LogP contribution in [-0.4, -0.2) is 143 Å². The summed E-state index contributed by atoms with van der Waals surface area (Å²) < 4.78 is 0. The van der Waals surface area contributed by atoms with Crippen LogP contribution in [0.25, 0.3) is 0 Å². The standard InChI is InChI=1S/C39H63N11O8.2C7H8.C2H6O/c1-4-48(5-2)22-7-6-11-31(45-38(57)16-12-32(51)28(3)44-37(56)17-13-33(52)29-10-8-20-42-24-29)34(53)14-15-36(55)43-21-18-39(58)49(27-35(41)54)25-30-26-50(47-46-30)23-9-19-40;2*1-7-5-3-2-4-6-7;1-2-3/h8,10,20,24,26,28,31,46-47H,4-7,9,11-19,21-23,25,27,40H2,1-3H3,(H2,41,54)(H,43,55)(H,44,56)(H,45,57);2*2-6H,1H3;3H,2H2,1H3/t28-,31-;;;/m0.../s1. The quantitative estimate of drug-likeness (QED) is 0.0338. The monoisotopic (exact) mass is 1040 g/mol. The van der Waals surface area contributed by atoms with E-state index in [2.05, 4.69) is 88.8 Å². The van der Waals surface area contributed by atoms with E-state index in [-0.39, 0.29) is 88.5 Å². The number of Topliss-reactive ketones (excluding diaryl/α,β-unsaturated/α-hetero) is 3. The number of carbonyl (C=O) groups is 8. The molecule has 0 fully saturated rings. The number of ketones is 3. The molecule has 0 radical (unpaired) electrons. The van der Waals surface area contributed by atoms with Crippen LogP contribution in [0.3, 0.4) is 0 Å². The Labute approximate surface area is 444 Å². The number of primary amides is 1. The molecule has 5 amide bonds. The summed E-state index contributed by atoms with van der Waals surface area (Å²) in [7, 11) is 0. The number of aliphatic hydroxyl groups is 1. The second kappa shape index (κ2) is 40.5. The van der Waals surface area contributed by atoms with Gasteiger partial charge in [-0.1, -0.05) is 85.6 Å². The normalized spacial score (nSPS) is 12.1. The Balaban J connectivity index is 0.00000139. The number of carbonyl (C=O) groups excluding carboxylic acids is 8. The van der Waals surface area contributed by atoms with Crippen molar-refractivity contribution in [2.45, 2.75) is 124 Å². The first-order chi connectivity index (χ1) is 36.0. The van der Waals surface area contributed by atoms with Crippen LogP contribution in [0.15, 0.2) is 97.1 Å². The van der Waals surface area contributed by atoms with Crippen molar-refractivity contribution in [1.82, 2.24) is 46.7 Å². The number of aliphatic hydroxyl groups excluding tert-OH is 1. The lowest BCUT2D eigenvalue weighted by Crippen LogP contribution is -2.43. The lowest BCUT2D eigenvalue weighted by atomic mass is 10.0. The molecule has 0 spiro atoms. The maximum absolute atomic E-state index is 13.3. The Morgan fingerprint density at radius 3 is 1.87 bits per heavy atom. The third-order valence-electron chi connectivity index (χ3n) is 11.3. The number of unbranched alkanes of at least 4 members (excludes halogenated alkanes) is 1. The van der Waals surface area contributed by atoms with Gasteiger partial charge in [-0.25, -0.2) is 0 Å². The number of hydrazine groups is 2. The molecule has 414 valence electrons. The smallest absolute Gasteiger partial charge is 0.237 e. The highest BCUT2D eigenvalue weighted by Gasteiger charge is 2.24. The van der Waals surface area contributed by atoms with Gasteiger partial charge in [-0.2, -0.15) is 0 Å². The molecule has 0 aliphatic carbocycles. The van der Waals surface area contributed by atoms with Crippen LogP contribution in [-0.2, 0) is 33.6 Å². The van der Waals surface area contributed by atoms with Crippen LogP contribution in [0.4, 0.5) is 0 Å². The predicted molar refractivity (Wildman–Crippen MR) is 291 cm³/mol. The molecule has 3 aromatic rings. The highest BCUT2D eigenvalue weighted by molar-refractivity contribution is 5.98. The van der Waals surface area contributed by atoms with E-state index in [0.717, 1.165) is 32.5 Å². The molecule has 2 atom stereocenters. The second-order valence-electron chi connectivity index (χ2n) is 17.7. The molecule has 1 aromatic heterocycles. The molecule has 10 N–H and O–H groups in total. The third kappa shape index (κ3) is 32.1. The van der Waals surface area contributed by atoms with E-state index in [1.807, 2.05) is 36.4 Å². The van der Waals surface area contributed by atoms with Gasteiger partial charge in [0.15, 0.2) is 17.3 Å². The molecule has 2 heterocycles. The molecule has 2 aromatic carbocycles. The van der Waals surface area contributed by atoms with E-state index in [1.54, 1.807) is 30.3 Å². The summed E-state index contributed by atoms with van der Waals surface area (Å²) in [6, 6.07) is 22.0. The van der Waals surface area contributed by atoms with Gasteiger partial charge in [-0.15, -0.1) is 5.53 Å². The molecule has 0 unspecified atom stereocenters. The van der Waals surface area contributed by atoms with Gasteiger partial charge in [0.25, 0.3) is 0 Å². The largest absolute Gasteiger partial charge is 0.397 e. The first kappa shape index (κ1) is 66.1. The van der Waals surface area contributed by atoms with E-state index in [4.69, 9.17) is 16.6 Å². The average Bonchev–Trinajstić information content (AvgIpc) is 3.85. The Morgan fingerprint density at radius 1 is 0.733 bits per heavy atom. The second-order valence-corrected chi connectivity index (χ2v) is 17.7. The van der Waals surface area contributed by atoms with E-state index in [1.165, 1.54) is 35.3 Å². The first-order valence-electron chi connectivity index (χ1n) is 25.9. The number of aryl methyl sites for hydroxylation is 2. The van der Waals surface area contributed by atoms with Gasteiger partial charge in [-0.05, 0) is 91.7 Å². The Hall–Kier alpha value is -6.87. The Bertz CT molecular complexity index is 2120. The minimum absolute atomic E-state index is 0.0313. The number of rotatable bonds is 31. The topological polar surface area (TPSA) is 292 Å². The van der Waals surface area contributed by atoms with Crippen molar-refractivity contribution in [2.75, 3.05) is 59.0 Å². The minimum Gasteiger partial charge on any atom is -0.397 e. The van der Waals surface area contributed by atoms with E-state index in [9.17, 15) is 38.4 Å². The molecule has 1 aliphatic heterocycles. The van der Waals surface area contributed by atoms with Gasteiger partial charge < -0.3 is 47.7 Å². The maximum atomic E-state index is 13.3. The van der Waals surface area contributed by atoms with Gasteiger partial charge in [0.05, 0.1) is 30.9 Å². The van der Waals surface area contributed by atoms with Crippen LogP contribution in [0, 0.1) is 13.8 Å². The number of nitrogens with two attached hydrogens (primary N) is 2. The van der Waals surface area contributed by atoms with Crippen LogP contribution in [0.2, 0.25) is 0 Å². The molecule has 20 heteroatoms. The van der Waals surface area contributed by atoms with Gasteiger partial charge in [-0.3, -0.25) is 48.3 Å². The summed E-state index contributed by atoms with van der Waals surface area (Å²) in [5.74, 6) is -3.51. The van der Waals surface area contributed by atoms with Crippen molar-refractivity contribution in [1.29, 1.82) is 0 Å². The number of nitrogens with one attached hydrogen (secondary N) is 5. The molecule has 4 rings (SSSR count). The minimum atomic E-state index is -0.886. The fourth-order valence-corrected chi connectivity index (χ4v) is 7.07. The third-order valence-corrected chi connectivity index (χ3v) is 11.3. The lowest BCUT2D eigenvalue weighted by molar-refractivity contribution is -0.135. The van der Waals surface area contributed by atoms with Crippen molar-refractivity contribution in [3.63, 3.8) is 0 Å². The van der Waals surface area contributed by atoms with Crippen LogP contribution in [0.1, 0.15) is 120 Å². The summed E-state index contributed by atoms with van der Waals surface area (Å²) in [6.45, 7) is 15.2. The van der Waals surface area contributed by atoms with Gasteiger partial charge in [0.2, 0.25) is 29.5 Å². The zero-order valence-electron chi connectivity index (χ0n) is 45.1.